The average Bonchev–Trinajstić information content (AvgIpc) is 2.89. The Hall–Kier alpha value is -1.79. The second kappa shape index (κ2) is 6.76. The van der Waals surface area contributed by atoms with Gasteiger partial charge in [-0.2, -0.15) is 0 Å². The van der Waals surface area contributed by atoms with Crippen LogP contribution in [-0.4, -0.2) is 64.5 Å². The van der Waals surface area contributed by atoms with Gasteiger partial charge in [-0.15, -0.1) is 0 Å². The number of carboxylic acid groups (broad SMARTS) is 1. The van der Waals surface area contributed by atoms with Crippen molar-refractivity contribution < 1.29 is 19.5 Å². The average molecular weight is 325 g/mol. The van der Waals surface area contributed by atoms with Crippen LogP contribution in [0, 0.1) is 5.41 Å². The van der Waals surface area contributed by atoms with Crippen molar-refractivity contribution in [2.75, 3.05) is 19.6 Å². The predicted octanol–water partition coefficient (Wildman–Crippen LogP) is 1.28. The minimum atomic E-state index is -1.18. The molecule has 2 N–H and O–H groups in total. The van der Waals surface area contributed by atoms with Crippen molar-refractivity contribution in [1.82, 2.24) is 15.1 Å². The highest BCUT2D eigenvalue weighted by Crippen LogP contribution is 2.25. The molecule has 2 saturated heterocycles. The highest BCUT2D eigenvalue weighted by atomic mass is 16.4. The first kappa shape index (κ1) is 17.6. The van der Waals surface area contributed by atoms with E-state index < -0.39 is 17.6 Å². The Morgan fingerprint density at radius 2 is 1.83 bits per heavy atom. The van der Waals surface area contributed by atoms with E-state index in [0.717, 1.165) is 25.8 Å². The minimum absolute atomic E-state index is 0.175. The number of piperidine rings is 1. The normalized spacial score (nSPS) is 21.4. The van der Waals surface area contributed by atoms with Crippen LogP contribution in [-0.2, 0) is 9.59 Å². The molecule has 3 amide bonds. The van der Waals surface area contributed by atoms with Gasteiger partial charge in [-0.1, -0.05) is 20.8 Å². The van der Waals surface area contributed by atoms with E-state index >= 15 is 0 Å². The van der Waals surface area contributed by atoms with E-state index in [1.54, 1.807) is 4.90 Å². The number of rotatable bonds is 3. The van der Waals surface area contributed by atoms with E-state index in [1.807, 2.05) is 25.7 Å². The van der Waals surface area contributed by atoms with Gasteiger partial charge in [0, 0.05) is 32.1 Å². The van der Waals surface area contributed by atoms with Gasteiger partial charge in [-0.05, 0) is 24.7 Å². The van der Waals surface area contributed by atoms with Crippen molar-refractivity contribution in [3.8, 4) is 0 Å². The Labute approximate surface area is 137 Å². The number of likely N-dealkylation sites (tertiary alicyclic amines) is 2. The fourth-order valence-electron chi connectivity index (χ4n) is 3.41. The summed E-state index contributed by atoms with van der Waals surface area (Å²) in [5, 5.41) is 11.3. The van der Waals surface area contributed by atoms with Crippen LogP contribution in [0.3, 0.4) is 0 Å². The molecule has 0 aromatic heterocycles. The molecule has 0 spiro atoms. The summed E-state index contributed by atoms with van der Waals surface area (Å²) in [5.41, 5.74) is -0.489. The van der Waals surface area contributed by atoms with Gasteiger partial charge >= 0.3 is 6.09 Å². The van der Waals surface area contributed by atoms with Crippen molar-refractivity contribution in [2.45, 2.75) is 58.5 Å². The van der Waals surface area contributed by atoms with Crippen LogP contribution >= 0.6 is 0 Å². The van der Waals surface area contributed by atoms with Gasteiger partial charge in [0.25, 0.3) is 0 Å². The molecule has 2 aliphatic rings. The van der Waals surface area contributed by atoms with Gasteiger partial charge in [-0.25, -0.2) is 4.79 Å². The third-order valence-corrected chi connectivity index (χ3v) is 4.71. The van der Waals surface area contributed by atoms with E-state index in [9.17, 15) is 14.4 Å². The number of amides is 3. The van der Waals surface area contributed by atoms with Crippen molar-refractivity contribution >= 4 is 17.9 Å². The second-order valence-corrected chi connectivity index (χ2v) is 7.50. The SMILES string of the molecule is CC(C)(C)[C@@H](NC(=O)O)C(=O)N1CCC(N2CCCC2=O)CC1. The zero-order chi connectivity index (χ0) is 17.2. The van der Waals surface area contributed by atoms with Gasteiger partial charge in [0.2, 0.25) is 11.8 Å². The van der Waals surface area contributed by atoms with Crippen LogP contribution in [0.25, 0.3) is 0 Å². The molecule has 0 radical (unpaired) electrons. The highest BCUT2D eigenvalue weighted by Gasteiger charge is 2.38. The summed E-state index contributed by atoms with van der Waals surface area (Å²) < 4.78 is 0. The number of nitrogens with zero attached hydrogens (tertiary/aromatic N) is 2. The van der Waals surface area contributed by atoms with Crippen molar-refractivity contribution in [3.63, 3.8) is 0 Å². The largest absolute Gasteiger partial charge is 0.465 e. The minimum Gasteiger partial charge on any atom is -0.465 e. The van der Waals surface area contributed by atoms with Crippen molar-refractivity contribution in [3.05, 3.63) is 0 Å². The van der Waals surface area contributed by atoms with E-state index in [-0.39, 0.29) is 17.9 Å². The lowest BCUT2D eigenvalue weighted by atomic mass is 9.85. The van der Waals surface area contributed by atoms with E-state index in [4.69, 9.17) is 5.11 Å². The van der Waals surface area contributed by atoms with Gasteiger partial charge in [0.15, 0.2) is 0 Å². The second-order valence-electron chi connectivity index (χ2n) is 7.50. The summed E-state index contributed by atoms with van der Waals surface area (Å²) in [5.74, 6) is 0.0426. The highest BCUT2D eigenvalue weighted by molar-refractivity contribution is 5.86. The summed E-state index contributed by atoms with van der Waals surface area (Å²) in [7, 11) is 0. The number of hydrogen-bond donors (Lipinski definition) is 2. The van der Waals surface area contributed by atoms with Crippen LogP contribution in [0.5, 0.6) is 0 Å². The summed E-state index contributed by atoms with van der Waals surface area (Å²) in [4.78, 5) is 39.2. The van der Waals surface area contributed by atoms with Crippen LogP contribution in [0.2, 0.25) is 0 Å². The summed E-state index contributed by atoms with van der Waals surface area (Å²) in [6.45, 7) is 7.51. The summed E-state index contributed by atoms with van der Waals surface area (Å²) in [6, 6.07) is -0.542. The zero-order valence-electron chi connectivity index (χ0n) is 14.2. The molecule has 2 rings (SSSR count). The van der Waals surface area contributed by atoms with E-state index in [2.05, 4.69) is 5.32 Å². The third-order valence-electron chi connectivity index (χ3n) is 4.71. The van der Waals surface area contributed by atoms with Crippen LogP contribution in [0.1, 0.15) is 46.5 Å². The summed E-state index contributed by atoms with van der Waals surface area (Å²) >= 11 is 0. The molecule has 0 aliphatic carbocycles. The van der Waals surface area contributed by atoms with Gasteiger partial charge in [0.1, 0.15) is 6.04 Å². The molecule has 0 saturated carbocycles. The lowest BCUT2D eigenvalue weighted by Crippen LogP contribution is -2.57. The maximum atomic E-state index is 12.7. The Balaban J connectivity index is 1.96. The molecule has 0 unspecified atom stereocenters. The molecule has 23 heavy (non-hydrogen) atoms. The molecule has 130 valence electrons. The maximum absolute atomic E-state index is 12.7. The monoisotopic (exact) mass is 325 g/mol. The standard InChI is InChI=1S/C16H27N3O4/c1-16(2,3)13(17-15(22)23)14(21)18-9-6-11(7-10-18)19-8-4-5-12(19)20/h11,13,17H,4-10H2,1-3H3,(H,22,23)/t13-/m0/s1. The zero-order valence-corrected chi connectivity index (χ0v) is 14.2. The van der Waals surface area contributed by atoms with Crippen molar-refractivity contribution in [1.29, 1.82) is 0 Å². The number of nitrogens with one attached hydrogen (secondary N) is 1. The fourth-order valence-corrected chi connectivity index (χ4v) is 3.41. The Kier molecular flexibility index (Phi) is 5.16. The molecule has 0 bridgehead atoms. The maximum Gasteiger partial charge on any atom is 0.405 e. The first-order chi connectivity index (χ1) is 10.7. The Morgan fingerprint density at radius 1 is 1.22 bits per heavy atom. The molecule has 2 fully saturated rings. The number of carbonyl (C=O) groups is 3. The van der Waals surface area contributed by atoms with E-state index in [1.165, 1.54) is 0 Å². The Bertz CT molecular complexity index is 478. The molecule has 7 heteroatoms. The first-order valence-electron chi connectivity index (χ1n) is 8.28. The Morgan fingerprint density at radius 3 is 2.26 bits per heavy atom. The molecule has 7 nitrogen and oxygen atoms in total. The molecular weight excluding hydrogens is 298 g/mol. The molecule has 0 aromatic carbocycles. The lowest BCUT2D eigenvalue weighted by Gasteiger charge is -2.40. The van der Waals surface area contributed by atoms with Gasteiger partial charge in [0.05, 0.1) is 0 Å². The lowest BCUT2D eigenvalue weighted by molar-refractivity contribution is -0.138. The molecule has 0 aromatic rings. The van der Waals surface area contributed by atoms with Crippen LogP contribution in [0.15, 0.2) is 0 Å². The van der Waals surface area contributed by atoms with E-state index in [0.29, 0.717) is 19.5 Å². The van der Waals surface area contributed by atoms with Crippen LogP contribution in [0.4, 0.5) is 4.79 Å². The van der Waals surface area contributed by atoms with Crippen LogP contribution < -0.4 is 5.32 Å². The molecule has 2 heterocycles. The molecule has 1 atom stereocenters. The van der Waals surface area contributed by atoms with Gasteiger partial charge in [-0.3, -0.25) is 9.59 Å². The molecular formula is C16H27N3O4. The number of hydrogen-bond acceptors (Lipinski definition) is 3. The summed E-state index contributed by atoms with van der Waals surface area (Å²) in [6.07, 6.45) is 1.90. The smallest absolute Gasteiger partial charge is 0.405 e. The van der Waals surface area contributed by atoms with Crippen molar-refractivity contribution in [2.24, 2.45) is 5.41 Å². The third kappa shape index (κ3) is 4.14. The quantitative estimate of drug-likeness (QED) is 0.818. The predicted molar refractivity (Wildman–Crippen MR) is 85.0 cm³/mol. The number of carbonyl (C=O) groups excluding carboxylic acids is 2. The van der Waals surface area contributed by atoms with Gasteiger partial charge < -0.3 is 20.2 Å². The first-order valence-corrected chi connectivity index (χ1v) is 8.28. The topological polar surface area (TPSA) is 89.9 Å². The fraction of sp³-hybridized carbons (Fsp3) is 0.812. The molecule has 2 aliphatic heterocycles.